The largest absolute Gasteiger partial charge is 0.486 e. The van der Waals surface area contributed by atoms with Crippen LogP contribution < -0.4 is 25.2 Å². The second-order valence-electron chi connectivity index (χ2n) is 9.32. The fraction of sp³-hybridized carbons (Fsp3) is 0.333. The Morgan fingerprint density at radius 1 is 0.909 bits per heavy atom. The van der Waals surface area contributed by atoms with Gasteiger partial charge in [0.25, 0.3) is 0 Å². The minimum Gasteiger partial charge on any atom is -0.486 e. The molecule has 3 atom stereocenters. The number of nitrogens with one attached hydrogen (secondary N) is 2. The molecule has 1 fully saturated rings. The van der Waals surface area contributed by atoms with Crippen LogP contribution >= 0.6 is 0 Å². The molecule has 3 heterocycles. The van der Waals surface area contributed by atoms with Gasteiger partial charge in [0.2, 0.25) is 0 Å². The van der Waals surface area contributed by atoms with Crippen LogP contribution in [-0.4, -0.2) is 19.8 Å². The number of hydrogen-bond acceptors (Lipinski definition) is 5. The monoisotopic (exact) mass is 445 g/mol. The molecule has 0 spiro atoms. The summed E-state index contributed by atoms with van der Waals surface area (Å²) in [6.07, 6.45) is 0. The first kappa shape index (κ1) is 20.5. The molecular weight excluding hydrogens is 417 g/mol. The van der Waals surface area contributed by atoms with Gasteiger partial charge in [0.15, 0.2) is 11.5 Å². The summed E-state index contributed by atoms with van der Waals surface area (Å²) in [5, 5.41) is 0. The van der Waals surface area contributed by atoms with E-state index < -0.39 is 0 Å². The number of fused-ring (bicyclic) bond motifs is 4. The number of hydrogen-bond donors (Lipinski definition) is 2. The topological polar surface area (TPSA) is 45.8 Å². The standard InChI is InChI=1S/C27H28FN3O2/c1-16-6-7-19(10-17(16)2)26-22-15-31(14-18-4-3-5-20(28)11-18)23-13-25-24(32-8-9-33-25)12-21(23)27(22)30-29-26/h3-7,10-13,22,26-27,29-30H,8-9,14-15H2,1-2H3. The van der Waals surface area contributed by atoms with Crippen molar-refractivity contribution < 1.29 is 13.9 Å². The summed E-state index contributed by atoms with van der Waals surface area (Å²) in [7, 11) is 0. The first-order valence-corrected chi connectivity index (χ1v) is 11.6. The number of hydrazine groups is 1. The fourth-order valence-electron chi connectivity index (χ4n) is 5.37. The van der Waals surface area contributed by atoms with Gasteiger partial charge in [0.1, 0.15) is 19.0 Å². The zero-order valence-corrected chi connectivity index (χ0v) is 18.9. The third-order valence-electron chi connectivity index (χ3n) is 7.20. The molecule has 3 aromatic rings. The van der Waals surface area contributed by atoms with Crippen molar-refractivity contribution in [2.45, 2.75) is 32.5 Å². The van der Waals surface area contributed by atoms with Gasteiger partial charge < -0.3 is 14.4 Å². The highest BCUT2D eigenvalue weighted by Crippen LogP contribution is 2.49. The van der Waals surface area contributed by atoms with Crippen molar-refractivity contribution in [3.8, 4) is 11.5 Å². The van der Waals surface area contributed by atoms with Gasteiger partial charge in [0.05, 0.1) is 12.1 Å². The number of nitrogens with zero attached hydrogens (tertiary/aromatic N) is 1. The van der Waals surface area contributed by atoms with E-state index in [1.54, 1.807) is 12.1 Å². The van der Waals surface area contributed by atoms with Gasteiger partial charge in [-0.25, -0.2) is 15.2 Å². The first-order chi connectivity index (χ1) is 16.1. The van der Waals surface area contributed by atoms with Crippen molar-refractivity contribution in [2.24, 2.45) is 5.92 Å². The van der Waals surface area contributed by atoms with E-state index in [1.165, 1.54) is 28.3 Å². The molecule has 170 valence electrons. The normalized spacial score (nSPS) is 23.2. The Kier molecular flexibility index (Phi) is 5.00. The van der Waals surface area contributed by atoms with E-state index in [4.69, 9.17) is 9.47 Å². The molecular formula is C27H28FN3O2. The molecule has 0 saturated carbocycles. The maximum atomic E-state index is 13.9. The number of benzene rings is 3. The number of aryl methyl sites for hydroxylation is 2. The van der Waals surface area contributed by atoms with Crippen LogP contribution in [0.1, 0.15) is 39.9 Å². The van der Waals surface area contributed by atoms with E-state index in [2.05, 4.69) is 59.9 Å². The van der Waals surface area contributed by atoms with E-state index in [1.807, 2.05) is 6.07 Å². The summed E-state index contributed by atoms with van der Waals surface area (Å²) < 4.78 is 25.7. The highest BCUT2D eigenvalue weighted by Gasteiger charge is 2.44. The summed E-state index contributed by atoms with van der Waals surface area (Å²) in [6, 6.07) is 18.1. The molecule has 0 aromatic heterocycles. The average Bonchev–Trinajstić information content (AvgIpc) is 3.24. The van der Waals surface area contributed by atoms with Crippen molar-refractivity contribution >= 4 is 5.69 Å². The van der Waals surface area contributed by atoms with Crippen LogP contribution in [0, 0.1) is 25.6 Å². The Morgan fingerprint density at radius 3 is 2.48 bits per heavy atom. The fourth-order valence-corrected chi connectivity index (χ4v) is 5.37. The molecule has 3 unspecified atom stereocenters. The molecule has 2 N–H and O–H groups in total. The number of anilines is 1. The van der Waals surface area contributed by atoms with Crippen LogP contribution in [0.2, 0.25) is 0 Å². The van der Waals surface area contributed by atoms with Gasteiger partial charge in [-0.1, -0.05) is 30.3 Å². The van der Waals surface area contributed by atoms with Gasteiger partial charge in [-0.15, -0.1) is 0 Å². The molecule has 6 rings (SSSR count). The van der Waals surface area contributed by atoms with Gasteiger partial charge in [0, 0.05) is 30.8 Å². The second kappa shape index (κ2) is 8.04. The zero-order valence-electron chi connectivity index (χ0n) is 18.9. The van der Waals surface area contributed by atoms with Crippen molar-refractivity contribution in [3.05, 3.63) is 88.2 Å². The Balaban J connectivity index is 1.41. The number of halogens is 1. The average molecular weight is 446 g/mol. The summed E-state index contributed by atoms with van der Waals surface area (Å²) in [5.74, 6) is 1.67. The van der Waals surface area contributed by atoms with Crippen LogP contribution in [-0.2, 0) is 6.54 Å². The summed E-state index contributed by atoms with van der Waals surface area (Å²) >= 11 is 0. The molecule has 3 aliphatic rings. The van der Waals surface area contributed by atoms with Crippen LogP contribution in [0.15, 0.2) is 54.6 Å². The lowest BCUT2D eigenvalue weighted by atomic mass is 9.81. The Bertz CT molecular complexity index is 1210. The summed E-state index contributed by atoms with van der Waals surface area (Å²) in [4.78, 5) is 2.35. The lowest BCUT2D eigenvalue weighted by molar-refractivity contribution is 0.171. The molecule has 5 nitrogen and oxygen atoms in total. The lowest BCUT2D eigenvalue weighted by Gasteiger charge is -2.40. The van der Waals surface area contributed by atoms with Crippen molar-refractivity contribution in [2.75, 3.05) is 24.7 Å². The van der Waals surface area contributed by atoms with Crippen LogP contribution in [0.5, 0.6) is 11.5 Å². The summed E-state index contributed by atoms with van der Waals surface area (Å²) in [5.41, 5.74) is 14.3. The molecule has 0 radical (unpaired) electrons. The van der Waals surface area contributed by atoms with Crippen LogP contribution in [0.25, 0.3) is 0 Å². The third-order valence-corrected chi connectivity index (χ3v) is 7.20. The minimum atomic E-state index is -0.206. The molecule has 3 aromatic carbocycles. The zero-order chi connectivity index (χ0) is 22.5. The maximum Gasteiger partial charge on any atom is 0.163 e. The first-order valence-electron chi connectivity index (χ1n) is 11.6. The molecule has 3 aliphatic heterocycles. The van der Waals surface area contributed by atoms with E-state index >= 15 is 0 Å². The quantitative estimate of drug-likeness (QED) is 0.610. The Labute approximate surface area is 193 Å². The number of rotatable bonds is 3. The molecule has 6 heteroatoms. The molecule has 1 saturated heterocycles. The van der Waals surface area contributed by atoms with Gasteiger partial charge in [-0.2, -0.15) is 0 Å². The van der Waals surface area contributed by atoms with Crippen molar-refractivity contribution in [1.29, 1.82) is 0 Å². The van der Waals surface area contributed by atoms with Gasteiger partial charge >= 0.3 is 0 Å². The van der Waals surface area contributed by atoms with Crippen LogP contribution in [0.4, 0.5) is 10.1 Å². The Hall–Kier alpha value is -3.09. The highest BCUT2D eigenvalue weighted by atomic mass is 19.1. The van der Waals surface area contributed by atoms with Crippen LogP contribution in [0.3, 0.4) is 0 Å². The Morgan fingerprint density at radius 2 is 1.70 bits per heavy atom. The predicted octanol–water partition coefficient (Wildman–Crippen LogP) is 4.74. The minimum absolute atomic E-state index is 0.145. The maximum absolute atomic E-state index is 13.9. The van der Waals surface area contributed by atoms with E-state index in [9.17, 15) is 4.39 Å². The van der Waals surface area contributed by atoms with E-state index in [0.29, 0.717) is 25.7 Å². The smallest absolute Gasteiger partial charge is 0.163 e. The molecule has 33 heavy (non-hydrogen) atoms. The van der Waals surface area contributed by atoms with E-state index in [0.717, 1.165) is 29.3 Å². The second-order valence-corrected chi connectivity index (χ2v) is 9.32. The predicted molar refractivity (Wildman–Crippen MR) is 126 cm³/mol. The number of ether oxygens (including phenoxy) is 2. The third kappa shape index (κ3) is 3.63. The van der Waals surface area contributed by atoms with Gasteiger partial charge in [-0.3, -0.25) is 0 Å². The van der Waals surface area contributed by atoms with E-state index in [-0.39, 0.29) is 17.9 Å². The van der Waals surface area contributed by atoms with Crippen molar-refractivity contribution in [3.63, 3.8) is 0 Å². The van der Waals surface area contributed by atoms with Gasteiger partial charge in [-0.05, 0) is 59.9 Å². The molecule has 0 amide bonds. The molecule has 0 aliphatic carbocycles. The SMILES string of the molecule is Cc1ccc(C2NNC3c4cc5c(cc4N(Cc4cccc(F)c4)CC23)OCCO5)cc1C. The molecule has 0 bridgehead atoms. The van der Waals surface area contributed by atoms with Crippen molar-refractivity contribution in [1.82, 2.24) is 10.9 Å². The highest BCUT2D eigenvalue weighted by molar-refractivity contribution is 5.65. The summed E-state index contributed by atoms with van der Waals surface area (Å²) in [6.45, 7) is 6.89. The lowest BCUT2D eigenvalue weighted by Crippen LogP contribution is -2.39.